The lowest BCUT2D eigenvalue weighted by Gasteiger charge is -2.10. The van der Waals surface area contributed by atoms with Gasteiger partial charge in [-0.2, -0.15) is 4.98 Å². The van der Waals surface area contributed by atoms with Gasteiger partial charge in [-0.1, -0.05) is 23.4 Å². The molecule has 1 rings (SSSR count). The highest BCUT2D eigenvalue weighted by atomic mass is 35.5. The molecule has 0 aromatic carbocycles. The first-order valence-corrected chi connectivity index (χ1v) is 6.67. The van der Waals surface area contributed by atoms with Crippen LogP contribution in [0, 0.1) is 0 Å². The number of nitrogens with one attached hydrogen (secondary N) is 1. The molecule has 0 aliphatic carbocycles. The van der Waals surface area contributed by atoms with Gasteiger partial charge in [-0.15, -0.1) is 0 Å². The van der Waals surface area contributed by atoms with Crippen LogP contribution in [0.4, 0.5) is 0 Å². The first-order chi connectivity index (χ1) is 8.63. The van der Waals surface area contributed by atoms with Gasteiger partial charge in [0.1, 0.15) is 10.7 Å². The summed E-state index contributed by atoms with van der Waals surface area (Å²) in [7, 11) is 2.98. The second kappa shape index (κ2) is 7.40. The summed E-state index contributed by atoms with van der Waals surface area (Å²) >= 11 is 7.28. The maximum absolute atomic E-state index is 11.9. The molecule has 0 unspecified atom stereocenters. The molecule has 6 nitrogen and oxygen atoms in total. The summed E-state index contributed by atoms with van der Waals surface area (Å²) in [4.78, 5) is 20.0. The SMILES string of the molecule is COCCNC(=O)c1c(Cl)nc(SC)nc1OC. The normalized spacial score (nSPS) is 10.2. The standard InChI is InChI=1S/C10H14ClN3O3S/c1-16-5-4-12-8(15)6-7(11)13-10(18-3)14-9(6)17-2/h4-5H2,1-3H3,(H,12,15). The van der Waals surface area contributed by atoms with Crippen LogP contribution in [0.1, 0.15) is 10.4 Å². The first kappa shape index (κ1) is 15.0. The molecule has 0 bridgehead atoms. The Balaban J connectivity index is 2.96. The van der Waals surface area contributed by atoms with E-state index < -0.39 is 0 Å². The summed E-state index contributed by atoms with van der Waals surface area (Å²) in [6.45, 7) is 0.786. The molecule has 0 saturated carbocycles. The Kier molecular flexibility index (Phi) is 6.17. The number of hydrogen-bond donors (Lipinski definition) is 1. The van der Waals surface area contributed by atoms with Crippen molar-refractivity contribution in [3.05, 3.63) is 10.7 Å². The third-order valence-electron chi connectivity index (χ3n) is 2.01. The number of hydrogen-bond acceptors (Lipinski definition) is 6. The Morgan fingerprint density at radius 1 is 1.44 bits per heavy atom. The predicted octanol–water partition coefficient (Wildman–Crippen LogP) is 1.24. The zero-order valence-corrected chi connectivity index (χ0v) is 11.9. The van der Waals surface area contributed by atoms with Crippen molar-refractivity contribution < 1.29 is 14.3 Å². The summed E-state index contributed by atoms with van der Waals surface area (Å²) in [5.74, 6) is -0.226. The minimum Gasteiger partial charge on any atom is -0.480 e. The van der Waals surface area contributed by atoms with Crippen molar-refractivity contribution >= 4 is 29.3 Å². The lowest BCUT2D eigenvalue weighted by molar-refractivity contribution is 0.0932. The second-order valence-electron chi connectivity index (χ2n) is 3.13. The average Bonchev–Trinajstić information content (AvgIpc) is 2.37. The zero-order chi connectivity index (χ0) is 13.5. The molecule has 100 valence electrons. The van der Waals surface area contributed by atoms with Crippen LogP contribution >= 0.6 is 23.4 Å². The number of ether oxygens (including phenoxy) is 2. The third-order valence-corrected chi connectivity index (χ3v) is 2.83. The van der Waals surface area contributed by atoms with Gasteiger partial charge in [-0.25, -0.2) is 4.98 Å². The van der Waals surface area contributed by atoms with Gasteiger partial charge in [0.25, 0.3) is 5.91 Å². The molecule has 0 aliphatic heterocycles. The van der Waals surface area contributed by atoms with E-state index in [1.165, 1.54) is 18.9 Å². The molecular formula is C10H14ClN3O3S. The Labute approximate surface area is 114 Å². The molecule has 0 fully saturated rings. The monoisotopic (exact) mass is 291 g/mol. The summed E-state index contributed by atoms with van der Waals surface area (Å²) in [6.07, 6.45) is 1.81. The lowest BCUT2D eigenvalue weighted by Crippen LogP contribution is -2.28. The van der Waals surface area contributed by atoms with Gasteiger partial charge in [0, 0.05) is 13.7 Å². The van der Waals surface area contributed by atoms with Gasteiger partial charge in [0.15, 0.2) is 5.16 Å². The molecule has 8 heteroatoms. The molecule has 1 N–H and O–H groups in total. The number of nitrogens with zero attached hydrogens (tertiary/aromatic N) is 2. The highest BCUT2D eigenvalue weighted by Crippen LogP contribution is 2.25. The van der Waals surface area contributed by atoms with E-state index in [1.807, 2.05) is 6.26 Å². The Hall–Kier alpha value is -1.05. The van der Waals surface area contributed by atoms with Crippen molar-refractivity contribution in [2.45, 2.75) is 5.16 Å². The van der Waals surface area contributed by atoms with Crippen molar-refractivity contribution in [1.29, 1.82) is 0 Å². The van der Waals surface area contributed by atoms with Gasteiger partial charge in [0.05, 0.1) is 13.7 Å². The average molecular weight is 292 g/mol. The zero-order valence-electron chi connectivity index (χ0n) is 10.3. The second-order valence-corrected chi connectivity index (χ2v) is 4.27. The molecule has 0 atom stereocenters. The van der Waals surface area contributed by atoms with Crippen LogP contribution in [0.3, 0.4) is 0 Å². The number of carbonyl (C=O) groups excluding carboxylic acids is 1. The fourth-order valence-corrected chi connectivity index (χ4v) is 1.83. The third kappa shape index (κ3) is 3.72. The summed E-state index contributed by atoms with van der Waals surface area (Å²) in [6, 6.07) is 0. The Morgan fingerprint density at radius 3 is 2.72 bits per heavy atom. The van der Waals surface area contributed by atoms with Crippen molar-refractivity contribution in [3.8, 4) is 5.88 Å². The number of carbonyl (C=O) groups is 1. The highest BCUT2D eigenvalue weighted by molar-refractivity contribution is 7.98. The maximum Gasteiger partial charge on any atom is 0.260 e. The smallest absolute Gasteiger partial charge is 0.260 e. The topological polar surface area (TPSA) is 73.3 Å². The molecule has 1 amide bonds. The van der Waals surface area contributed by atoms with Gasteiger partial charge < -0.3 is 14.8 Å². The number of rotatable bonds is 6. The van der Waals surface area contributed by atoms with Crippen molar-refractivity contribution in [3.63, 3.8) is 0 Å². The van der Waals surface area contributed by atoms with Gasteiger partial charge >= 0.3 is 0 Å². The fraction of sp³-hybridized carbons (Fsp3) is 0.500. The van der Waals surface area contributed by atoms with Crippen LogP contribution in [0.15, 0.2) is 5.16 Å². The van der Waals surface area contributed by atoms with E-state index in [1.54, 1.807) is 7.11 Å². The summed E-state index contributed by atoms with van der Waals surface area (Å²) in [5, 5.41) is 3.16. The fourth-order valence-electron chi connectivity index (χ4n) is 1.18. The molecule has 18 heavy (non-hydrogen) atoms. The van der Waals surface area contributed by atoms with Gasteiger partial charge in [0.2, 0.25) is 5.88 Å². The molecule has 0 radical (unpaired) electrons. The lowest BCUT2D eigenvalue weighted by atomic mass is 10.3. The van der Waals surface area contributed by atoms with E-state index >= 15 is 0 Å². The molecule has 1 heterocycles. The van der Waals surface area contributed by atoms with Crippen LogP contribution in [0.5, 0.6) is 5.88 Å². The minimum atomic E-state index is -0.387. The molecule has 0 spiro atoms. The number of halogens is 1. The quantitative estimate of drug-likeness (QED) is 0.368. The van der Waals surface area contributed by atoms with Crippen LogP contribution in [0.25, 0.3) is 0 Å². The Morgan fingerprint density at radius 2 is 2.17 bits per heavy atom. The van der Waals surface area contributed by atoms with Crippen LogP contribution in [-0.4, -0.2) is 49.5 Å². The van der Waals surface area contributed by atoms with Crippen molar-refractivity contribution in [2.75, 3.05) is 33.6 Å². The molecule has 1 aromatic heterocycles. The van der Waals surface area contributed by atoms with E-state index in [0.29, 0.717) is 18.3 Å². The van der Waals surface area contributed by atoms with E-state index in [9.17, 15) is 4.79 Å². The summed E-state index contributed by atoms with van der Waals surface area (Å²) in [5.41, 5.74) is 0.132. The highest BCUT2D eigenvalue weighted by Gasteiger charge is 2.20. The Bertz CT molecular complexity index is 431. The van der Waals surface area contributed by atoms with E-state index in [2.05, 4.69) is 15.3 Å². The van der Waals surface area contributed by atoms with E-state index in [-0.39, 0.29) is 22.5 Å². The largest absolute Gasteiger partial charge is 0.480 e. The van der Waals surface area contributed by atoms with Crippen LogP contribution in [-0.2, 0) is 4.74 Å². The minimum absolute atomic E-state index is 0.0705. The van der Waals surface area contributed by atoms with Gasteiger partial charge in [-0.3, -0.25) is 4.79 Å². The van der Waals surface area contributed by atoms with Crippen molar-refractivity contribution in [1.82, 2.24) is 15.3 Å². The predicted molar refractivity (Wildman–Crippen MR) is 69.6 cm³/mol. The van der Waals surface area contributed by atoms with Gasteiger partial charge in [-0.05, 0) is 6.26 Å². The number of aromatic nitrogens is 2. The first-order valence-electron chi connectivity index (χ1n) is 5.06. The molecule has 0 saturated heterocycles. The summed E-state index contributed by atoms with van der Waals surface area (Å²) < 4.78 is 9.89. The maximum atomic E-state index is 11.9. The van der Waals surface area contributed by atoms with Crippen LogP contribution in [0.2, 0.25) is 5.15 Å². The number of amides is 1. The molecule has 0 aliphatic rings. The number of thioether (sulfide) groups is 1. The molecule has 1 aromatic rings. The van der Waals surface area contributed by atoms with E-state index in [0.717, 1.165) is 0 Å². The van der Waals surface area contributed by atoms with E-state index in [4.69, 9.17) is 21.1 Å². The molecular weight excluding hydrogens is 278 g/mol. The van der Waals surface area contributed by atoms with Crippen LogP contribution < -0.4 is 10.1 Å². The van der Waals surface area contributed by atoms with Crippen molar-refractivity contribution in [2.24, 2.45) is 0 Å². The number of methoxy groups -OCH3 is 2.